The molecule has 0 spiro atoms. The fourth-order valence-corrected chi connectivity index (χ4v) is 2.26. The van der Waals surface area contributed by atoms with Crippen molar-refractivity contribution in [2.24, 2.45) is 0 Å². The van der Waals surface area contributed by atoms with Crippen molar-refractivity contribution in [2.45, 2.75) is 16.8 Å². The third kappa shape index (κ3) is 2.91. The highest BCUT2D eigenvalue weighted by molar-refractivity contribution is 7.99. The molecule has 0 unspecified atom stereocenters. The number of anilines is 1. The molecular weight excluding hydrogens is 232 g/mol. The molecule has 2 N–H and O–H groups in total. The van der Waals surface area contributed by atoms with Gasteiger partial charge in [-0.2, -0.15) is 0 Å². The monoisotopic (exact) mass is 246 g/mol. The molecule has 0 radical (unpaired) electrons. The highest BCUT2D eigenvalue weighted by Gasteiger charge is 2.07. The van der Waals surface area contributed by atoms with Crippen LogP contribution in [-0.4, -0.2) is 11.6 Å². The topological polar surface area (TPSA) is 48.1 Å². The first kappa shape index (κ1) is 11.8. The Bertz CT molecular complexity index is 488. The summed E-state index contributed by atoms with van der Waals surface area (Å²) >= 11 is 1.54. The lowest BCUT2D eigenvalue weighted by atomic mass is 10.3. The zero-order valence-electron chi connectivity index (χ0n) is 9.59. The number of rotatable bonds is 4. The first-order valence-corrected chi connectivity index (χ1v) is 6.23. The van der Waals surface area contributed by atoms with Gasteiger partial charge in [-0.3, -0.25) is 0 Å². The summed E-state index contributed by atoms with van der Waals surface area (Å²) < 4.78 is 5.46. The highest BCUT2D eigenvalue weighted by Crippen LogP contribution is 2.35. The maximum absolute atomic E-state index is 6.04. The average molecular weight is 246 g/mol. The van der Waals surface area contributed by atoms with Crippen molar-refractivity contribution in [3.63, 3.8) is 0 Å². The average Bonchev–Trinajstić information content (AvgIpc) is 2.36. The summed E-state index contributed by atoms with van der Waals surface area (Å²) in [6.45, 7) is 2.56. The molecular formula is C13H14N2OS. The van der Waals surface area contributed by atoms with Crippen LogP contribution in [-0.2, 0) is 0 Å². The molecule has 88 valence electrons. The fraction of sp³-hybridized carbons (Fsp3) is 0.154. The van der Waals surface area contributed by atoms with E-state index in [4.69, 9.17) is 10.5 Å². The van der Waals surface area contributed by atoms with Gasteiger partial charge in [0.1, 0.15) is 10.8 Å². The smallest absolute Gasteiger partial charge is 0.143 e. The Balaban J connectivity index is 2.24. The predicted octanol–water partition coefficient (Wildman–Crippen LogP) is 3.21. The number of ether oxygens (including phenoxy) is 1. The standard InChI is InChI=1S/C13H14N2OS/c1-2-16-10-6-5-7-11(13(10)14)17-12-8-3-4-9-15-12/h3-9H,2,14H2,1H3. The Kier molecular flexibility index (Phi) is 3.88. The summed E-state index contributed by atoms with van der Waals surface area (Å²) in [5.41, 5.74) is 6.71. The number of para-hydroxylation sites is 1. The summed E-state index contributed by atoms with van der Waals surface area (Å²) in [7, 11) is 0. The minimum absolute atomic E-state index is 0.613. The zero-order valence-corrected chi connectivity index (χ0v) is 10.4. The van der Waals surface area contributed by atoms with E-state index in [9.17, 15) is 0 Å². The van der Waals surface area contributed by atoms with E-state index in [2.05, 4.69) is 4.98 Å². The number of nitrogens with zero attached hydrogens (tertiary/aromatic N) is 1. The molecule has 4 heteroatoms. The van der Waals surface area contributed by atoms with Crippen LogP contribution < -0.4 is 10.5 Å². The molecule has 17 heavy (non-hydrogen) atoms. The molecule has 1 aromatic heterocycles. The van der Waals surface area contributed by atoms with E-state index in [0.717, 1.165) is 15.7 Å². The summed E-state index contributed by atoms with van der Waals surface area (Å²) in [5, 5.41) is 0.924. The van der Waals surface area contributed by atoms with Gasteiger partial charge in [0.15, 0.2) is 0 Å². The van der Waals surface area contributed by atoms with E-state index < -0.39 is 0 Å². The Morgan fingerprint density at radius 2 is 2.12 bits per heavy atom. The van der Waals surface area contributed by atoms with Crippen LogP contribution in [0.1, 0.15) is 6.92 Å². The quantitative estimate of drug-likeness (QED) is 0.841. The van der Waals surface area contributed by atoms with Crippen LogP contribution >= 0.6 is 11.8 Å². The van der Waals surface area contributed by atoms with Crippen molar-refractivity contribution in [2.75, 3.05) is 12.3 Å². The van der Waals surface area contributed by atoms with Crippen LogP contribution in [0.5, 0.6) is 5.75 Å². The number of hydrogen-bond acceptors (Lipinski definition) is 4. The van der Waals surface area contributed by atoms with E-state index in [1.54, 1.807) is 6.20 Å². The summed E-state index contributed by atoms with van der Waals surface area (Å²) in [5.74, 6) is 0.730. The molecule has 1 heterocycles. The van der Waals surface area contributed by atoms with Crippen LogP contribution in [0.25, 0.3) is 0 Å². The molecule has 0 atom stereocenters. The largest absolute Gasteiger partial charge is 0.492 e. The van der Waals surface area contributed by atoms with Crippen LogP contribution in [0.2, 0.25) is 0 Å². The summed E-state index contributed by atoms with van der Waals surface area (Å²) in [6.07, 6.45) is 1.77. The van der Waals surface area contributed by atoms with Crippen LogP contribution in [0.15, 0.2) is 52.5 Å². The minimum Gasteiger partial charge on any atom is -0.492 e. The normalized spacial score (nSPS) is 10.2. The van der Waals surface area contributed by atoms with Crippen LogP contribution in [0.4, 0.5) is 5.69 Å². The molecule has 2 aromatic rings. The van der Waals surface area contributed by atoms with Crippen molar-refractivity contribution in [3.8, 4) is 5.75 Å². The molecule has 0 saturated carbocycles. The van der Waals surface area contributed by atoms with Gasteiger partial charge in [-0.1, -0.05) is 23.9 Å². The Morgan fingerprint density at radius 1 is 1.24 bits per heavy atom. The zero-order chi connectivity index (χ0) is 12.1. The van der Waals surface area contributed by atoms with E-state index in [-0.39, 0.29) is 0 Å². The number of hydrogen-bond donors (Lipinski definition) is 1. The molecule has 0 aliphatic rings. The fourth-order valence-electron chi connectivity index (χ4n) is 1.41. The number of benzene rings is 1. The molecule has 1 aromatic carbocycles. The molecule has 2 rings (SSSR count). The second kappa shape index (κ2) is 5.59. The maximum atomic E-state index is 6.04. The van der Waals surface area contributed by atoms with Gasteiger partial charge in [-0.15, -0.1) is 0 Å². The van der Waals surface area contributed by atoms with E-state index in [0.29, 0.717) is 12.3 Å². The van der Waals surface area contributed by atoms with E-state index in [1.165, 1.54) is 11.8 Å². The maximum Gasteiger partial charge on any atom is 0.143 e. The Labute approximate surface area is 105 Å². The van der Waals surface area contributed by atoms with Crippen molar-refractivity contribution in [1.82, 2.24) is 4.98 Å². The second-order valence-corrected chi connectivity index (χ2v) is 4.43. The molecule has 3 nitrogen and oxygen atoms in total. The second-order valence-electron chi connectivity index (χ2n) is 3.37. The lowest BCUT2D eigenvalue weighted by molar-refractivity contribution is 0.341. The van der Waals surface area contributed by atoms with Crippen LogP contribution in [0, 0.1) is 0 Å². The van der Waals surface area contributed by atoms with Crippen molar-refractivity contribution < 1.29 is 4.74 Å². The first-order chi connectivity index (χ1) is 8.31. The Morgan fingerprint density at radius 3 is 2.82 bits per heavy atom. The van der Waals surface area contributed by atoms with Gasteiger partial charge >= 0.3 is 0 Å². The lowest BCUT2D eigenvalue weighted by Gasteiger charge is -2.10. The lowest BCUT2D eigenvalue weighted by Crippen LogP contribution is -1.98. The third-order valence-corrected chi connectivity index (χ3v) is 3.20. The van der Waals surface area contributed by atoms with Gasteiger partial charge in [0.05, 0.1) is 12.3 Å². The van der Waals surface area contributed by atoms with Crippen molar-refractivity contribution in [1.29, 1.82) is 0 Å². The molecule has 0 aliphatic heterocycles. The highest BCUT2D eigenvalue weighted by atomic mass is 32.2. The third-order valence-electron chi connectivity index (χ3n) is 2.18. The summed E-state index contributed by atoms with van der Waals surface area (Å²) in [6, 6.07) is 11.6. The van der Waals surface area contributed by atoms with Crippen molar-refractivity contribution >= 4 is 17.4 Å². The van der Waals surface area contributed by atoms with Crippen LogP contribution in [0.3, 0.4) is 0 Å². The minimum atomic E-state index is 0.613. The van der Waals surface area contributed by atoms with Gasteiger partial charge in [0.2, 0.25) is 0 Å². The Hall–Kier alpha value is -1.68. The number of nitrogen functional groups attached to an aromatic ring is 1. The molecule has 0 saturated heterocycles. The van der Waals surface area contributed by atoms with Crippen molar-refractivity contribution in [3.05, 3.63) is 42.6 Å². The number of nitrogens with two attached hydrogens (primary N) is 1. The van der Waals surface area contributed by atoms with Gasteiger partial charge in [0, 0.05) is 11.1 Å². The van der Waals surface area contributed by atoms with Gasteiger partial charge in [-0.05, 0) is 31.2 Å². The summed E-state index contributed by atoms with van der Waals surface area (Å²) in [4.78, 5) is 5.22. The van der Waals surface area contributed by atoms with Gasteiger partial charge < -0.3 is 10.5 Å². The predicted molar refractivity (Wildman–Crippen MR) is 70.4 cm³/mol. The molecule has 0 bridgehead atoms. The molecule has 0 amide bonds. The van der Waals surface area contributed by atoms with Gasteiger partial charge in [0.25, 0.3) is 0 Å². The molecule has 0 aliphatic carbocycles. The number of aromatic nitrogens is 1. The first-order valence-electron chi connectivity index (χ1n) is 5.41. The molecule has 0 fully saturated rings. The van der Waals surface area contributed by atoms with Gasteiger partial charge in [-0.25, -0.2) is 4.98 Å². The number of pyridine rings is 1. The SMILES string of the molecule is CCOc1cccc(Sc2ccccn2)c1N. The van der Waals surface area contributed by atoms with E-state index in [1.807, 2.05) is 43.3 Å². The van der Waals surface area contributed by atoms with E-state index >= 15 is 0 Å².